The van der Waals surface area contributed by atoms with Gasteiger partial charge in [0.05, 0.1) is 11.5 Å². The molecular formula is C9H15F5O2S. The summed E-state index contributed by atoms with van der Waals surface area (Å²) in [6.07, 6.45) is -6.77. The van der Waals surface area contributed by atoms with Crippen molar-refractivity contribution >= 4 is 9.84 Å². The Morgan fingerprint density at radius 3 is 1.82 bits per heavy atom. The van der Waals surface area contributed by atoms with E-state index in [0.29, 0.717) is 12.8 Å². The van der Waals surface area contributed by atoms with Crippen LogP contribution in [-0.4, -0.2) is 32.0 Å². The lowest BCUT2D eigenvalue weighted by Gasteiger charge is -2.19. The summed E-state index contributed by atoms with van der Waals surface area (Å²) in [6, 6.07) is 0. The van der Waals surface area contributed by atoms with Crippen LogP contribution < -0.4 is 0 Å². The Labute approximate surface area is 97.1 Å². The lowest BCUT2D eigenvalue weighted by atomic mass is 10.2. The van der Waals surface area contributed by atoms with Gasteiger partial charge in [-0.25, -0.2) is 8.42 Å². The van der Waals surface area contributed by atoms with E-state index in [0.717, 1.165) is 0 Å². The molecule has 0 rings (SSSR count). The first-order valence-corrected chi connectivity index (χ1v) is 6.99. The zero-order valence-electron chi connectivity index (χ0n) is 9.36. The van der Waals surface area contributed by atoms with Gasteiger partial charge in [-0.15, -0.1) is 0 Å². The van der Waals surface area contributed by atoms with E-state index in [1.807, 2.05) is 0 Å². The number of sulfone groups is 1. The molecule has 0 aromatic heterocycles. The highest BCUT2D eigenvalue weighted by Gasteiger charge is 2.56. The minimum atomic E-state index is -5.61. The minimum absolute atomic E-state index is 0.166. The molecule has 0 saturated carbocycles. The highest BCUT2D eigenvalue weighted by atomic mass is 32.2. The maximum atomic E-state index is 12.4. The van der Waals surface area contributed by atoms with Crippen LogP contribution in [0, 0.1) is 0 Å². The summed E-state index contributed by atoms with van der Waals surface area (Å²) in [5.41, 5.74) is 0. The van der Waals surface area contributed by atoms with E-state index in [4.69, 9.17) is 0 Å². The van der Waals surface area contributed by atoms with Crippen molar-refractivity contribution < 1.29 is 30.4 Å². The smallest absolute Gasteiger partial charge is 0.229 e. The molecule has 0 fully saturated rings. The molecule has 0 saturated heterocycles. The molecule has 0 aromatic carbocycles. The van der Waals surface area contributed by atoms with Gasteiger partial charge >= 0.3 is 12.1 Å². The number of rotatable bonds is 7. The molecule has 0 bridgehead atoms. The van der Waals surface area contributed by atoms with Gasteiger partial charge in [0.1, 0.15) is 9.84 Å². The summed E-state index contributed by atoms with van der Waals surface area (Å²) < 4.78 is 82.5. The fourth-order valence-electron chi connectivity index (χ4n) is 1.12. The molecule has 0 amide bonds. The summed E-state index contributed by atoms with van der Waals surface area (Å²) in [5.74, 6) is -5.60. The second kappa shape index (κ2) is 5.97. The van der Waals surface area contributed by atoms with Crippen LogP contribution in [-0.2, 0) is 9.84 Å². The van der Waals surface area contributed by atoms with Gasteiger partial charge in [-0.1, -0.05) is 13.3 Å². The fraction of sp³-hybridized carbons (Fsp3) is 1.00. The second-order valence-electron chi connectivity index (χ2n) is 3.81. The largest absolute Gasteiger partial charge is 0.453 e. The third-order valence-electron chi connectivity index (χ3n) is 2.17. The molecule has 0 aromatic rings. The van der Waals surface area contributed by atoms with Gasteiger partial charge in [-0.05, 0) is 12.8 Å². The van der Waals surface area contributed by atoms with Gasteiger partial charge in [0.2, 0.25) is 0 Å². The van der Waals surface area contributed by atoms with Gasteiger partial charge in [-0.3, -0.25) is 0 Å². The van der Waals surface area contributed by atoms with Crippen molar-refractivity contribution in [2.75, 3.05) is 11.5 Å². The van der Waals surface area contributed by atoms with Gasteiger partial charge in [0.15, 0.2) is 0 Å². The van der Waals surface area contributed by atoms with Crippen LogP contribution in [0.1, 0.15) is 32.6 Å². The first-order valence-electron chi connectivity index (χ1n) is 5.17. The molecule has 8 heteroatoms. The van der Waals surface area contributed by atoms with Crippen molar-refractivity contribution in [3.05, 3.63) is 0 Å². The fourth-order valence-corrected chi connectivity index (χ4v) is 2.64. The third-order valence-corrected chi connectivity index (χ3v) is 3.99. The number of halogens is 5. The van der Waals surface area contributed by atoms with E-state index in [2.05, 4.69) is 0 Å². The average Bonchev–Trinajstić information content (AvgIpc) is 2.12. The molecule has 17 heavy (non-hydrogen) atoms. The quantitative estimate of drug-likeness (QED) is 0.672. The molecular weight excluding hydrogens is 267 g/mol. The SMILES string of the molecule is CCCCS(=O)(=O)CCCC(F)(F)C(F)(F)F. The predicted octanol–water partition coefficient (Wildman–Crippen LogP) is 3.18. The monoisotopic (exact) mass is 282 g/mol. The Balaban J connectivity index is 4.16. The van der Waals surface area contributed by atoms with Crippen molar-refractivity contribution in [3.8, 4) is 0 Å². The summed E-state index contributed by atoms with van der Waals surface area (Å²) in [4.78, 5) is 0. The number of alkyl halides is 5. The van der Waals surface area contributed by atoms with Crippen molar-refractivity contribution in [1.82, 2.24) is 0 Å². The summed E-state index contributed by atoms with van der Waals surface area (Å²) in [5, 5.41) is 0. The van der Waals surface area contributed by atoms with E-state index >= 15 is 0 Å². The Morgan fingerprint density at radius 1 is 0.941 bits per heavy atom. The Hall–Kier alpha value is -0.400. The molecule has 0 aliphatic carbocycles. The van der Waals surface area contributed by atoms with Crippen LogP contribution in [0.4, 0.5) is 22.0 Å². The molecule has 0 aliphatic rings. The van der Waals surface area contributed by atoms with Crippen LogP contribution in [0.5, 0.6) is 0 Å². The van der Waals surface area contributed by atoms with E-state index < -0.39 is 40.5 Å². The van der Waals surface area contributed by atoms with Crippen molar-refractivity contribution in [3.63, 3.8) is 0 Å². The van der Waals surface area contributed by atoms with Crippen molar-refractivity contribution in [2.45, 2.75) is 44.7 Å². The lowest BCUT2D eigenvalue weighted by molar-refractivity contribution is -0.284. The van der Waals surface area contributed by atoms with E-state index in [9.17, 15) is 30.4 Å². The first-order chi connectivity index (χ1) is 7.52. The Morgan fingerprint density at radius 2 is 1.41 bits per heavy atom. The van der Waals surface area contributed by atoms with Crippen LogP contribution in [0.25, 0.3) is 0 Å². The molecule has 104 valence electrons. The zero-order chi connectivity index (χ0) is 13.7. The number of hydrogen-bond acceptors (Lipinski definition) is 2. The number of hydrogen-bond donors (Lipinski definition) is 0. The van der Waals surface area contributed by atoms with Gasteiger partial charge < -0.3 is 0 Å². The second-order valence-corrected chi connectivity index (χ2v) is 6.11. The third kappa shape index (κ3) is 6.18. The van der Waals surface area contributed by atoms with Crippen molar-refractivity contribution in [1.29, 1.82) is 0 Å². The molecule has 0 radical (unpaired) electrons. The van der Waals surface area contributed by atoms with E-state index in [1.165, 1.54) is 0 Å². The normalized spacial score (nSPS) is 14.0. The van der Waals surface area contributed by atoms with E-state index in [-0.39, 0.29) is 5.75 Å². The van der Waals surface area contributed by atoms with Crippen LogP contribution in [0.2, 0.25) is 0 Å². The Kier molecular flexibility index (Phi) is 5.83. The highest BCUT2D eigenvalue weighted by Crippen LogP contribution is 2.38. The van der Waals surface area contributed by atoms with Crippen LogP contribution >= 0.6 is 0 Å². The van der Waals surface area contributed by atoms with Crippen LogP contribution in [0.15, 0.2) is 0 Å². The highest BCUT2D eigenvalue weighted by molar-refractivity contribution is 7.91. The molecule has 0 aliphatic heterocycles. The predicted molar refractivity (Wildman–Crippen MR) is 53.8 cm³/mol. The molecule has 0 spiro atoms. The average molecular weight is 282 g/mol. The van der Waals surface area contributed by atoms with Gasteiger partial charge in [0.25, 0.3) is 0 Å². The van der Waals surface area contributed by atoms with Gasteiger partial charge in [-0.2, -0.15) is 22.0 Å². The number of unbranched alkanes of at least 4 members (excludes halogenated alkanes) is 1. The lowest BCUT2D eigenvalue weighted by Crippen LogP contribution is -2.36. The molecule has 0 atom stereocenters. The minimum Gasteiger partial charge on any atom is -0.229 e. The summed E-state index contributed by atoms with van der Waals surface area (Å²) in [7, 11) is -3.51. The molecule has 0 N–H and O–H groups in total. The maximum absolute atomic E-state index is 12.4. The molecule has 0 heterocycles. The molecule has 0 unspecified atom stereocenters. The first kappa shape index (κ1) is 16.6. The zero-order valence-corrected chi connectivity index (χ0v) is 10.2. The summed E-state index contributed by atoms with van der Waals surface area (Å²) >= 11 is 0. The summed E-state index contributed by atoms with van der Waals surface area (Å²) in [6.45, 7) is 1.76. The maximum Gasteiger partial charge on any atom is 0.453 e. The van der Waals surface area contributed by atoms with Gasteiger partial charge in [0, 0.05) is 6.42 Å². The molecule has 2 nitrogen and oxygen atoms in total. The van der Waals surface area contributed by atoms with Crippen molar-refractivity contribution in [2.24, 2.45) is 0 Å². The van der Waals surface area contributed by atoms with E-state index in [1.54, 1.807) is 6.92 Å². The Bertz CT molecular complexity index is 321. The standard InChI is InChI=1S/C9H15F5O2S/c1-2-3-6-17(15,16)7-4-5-8(10,11)9(12,13)14/h2-7H2,1H3. The topological polar surface area (TPSA) is 34.1 Å². The van der Waals surface area contributed by atoms with Crippen LogP contribution in [0.3, 0.4) is 0 Å².